The molecule has 4 heteroatoms. The van der Waals surface area contributed by atoms with Crippen LogP contribution in [0.1, 0.15) is 31.1 Å². The van der Waals surface area contributed by atoms with Crippen molar-refractivity contribution >= 4 is 5.69 Å². The maximum atomic E-state index is 9.40. The topological polar surface area (TPSA) is 50.1 Å². The Morgan fingerprint density at radius 1 is 1.39 bits per heavy atom. The predicted molar refractivity (Wildman–Crippen MR) is 72.8 cm³/mol. The Hall–Kier alpha value is -1.97. The third-order valence-electron chi connectivity index (χ3n) is 2.84. The van der Waals surface area contributed by atoms with Gasteiger partial charge in [0.1, 0.15) is 5.75 Å². The molecule has 0 aliphatic rings. The highest BCUT2D eigenvalue weighted by molar-refractivity contribution is 5.46. The van der Waals surface area contributed by atoms with Gasteiger partial charge in [-0.1, -0.05) is 12.1 Å². The first-order chi connectivity index (χ1) is 8.56. The van der Waals surface area contributed by atoms with Gasteiger partial charge in [0, 0.05) is 18.8 Å². The number of phenols is 1. The summed E-state index contributed by atoms with van der Waals surface area (Å²) in [5.74, 6) is 0.295. The Kier molecular flexibility index (Phi) is 3.55. The lowest BCUT2D eigenvalue weighted by atomic mass is 10.2. The van der Waals surface area contributed by atoms with E-state index in [1.807, 2.05) is 29.9 Å². The van der Waals surface area contributed by atoms with E-state index in [-0.39, 0.29) is 0 Å². The van der Waals surface area contributed by atoms with Crippen molar-refractivity contribution in [2.75, 3.05) is 5.32 Å². The minimum Gasteiger partial charge on any atom is -0.508 e. The van der Waals surface area contributed by atoms with Crippen LogP contribution in [0.5, 0.6) is 5.75 Å². The maximum absolute atomic E-state index is 9.40. The fourth-order valence-electron chi connectivity index (χ4n) is 1.78. The number of rotatable bonds is 4. The Balaban J connectivity index is 2.06. The monoisotopic (exact) mass is 245 g/mol. The van der Waals surface area contributed by atoms with Crippen molar-refractivity contribution in [1.29, 1.82) is 0 Å². The van der Waals surface area contributed by atoms with Crippen LogP contribution in [-0.4, -0.2) is 14.9 Å². The van der Waals surface area contributed by atoms with Crippen LogP contribution in [0.25, 0.3) is 0 Å². The Morgan fingerprint density at radius 2 is 2.17 bits per heavy atom. The van der Waals surface area contributed by atoms with Gasteiger partial charge >= 0.3 is 0 Å². The molecular formula is C14H19N3O. The van der Waals surface area contributed by atoms with Crippen molar-refractivity contribution in [3.05, 3.63) is 41.7 Å². The normalized spacial score (nSPS) is 10.9. The molecule has 0 atom stereocenters. The fourth-order valence-corrected chi connectivity index (χ4v) is 1.78. The van der Waals surface area contributed by atoms with Crippen LogP contribution in [0.4, 0.5) is 5.69 Å². The first-order valence-electron chi connectivity index (χ1n) is 6.14. The first-order valence-corrected chi connectivity index (χ1v) is 6.14. The van der Waals surface area contributed by atoms with E-state index in [9.17, 15) is 5.11 Å². The SMILES string of the molecule is Cc1nn(C(C)C)cc1NCc1cccc(O)c1. The molecule has 96 valence electrons. The van der Waals surface area contributed by atoms with Crippen molar-refractivity contribution in [1.82, 2.24) is 9.78 Å². The second kappa shape index (κ2) is 5.12. The Bertz CT molecular complexity index is 532. The third-order valence-corrected chi connectivity index (χ3v) is 2.84. The molecule has 0 spiro atoms. The molecule has 0 aliphatic heterocycles. The average Bonchev–Trinajstić information content (AvgIpc) is 2.68. The van der Waals surface area contributed by atoms with Crippen LogP contribution in [0.15, 0.2) is 30.5 Å². The maximum Gasteiger partial charge on any atom is 0.115 e. The van der Waals surface area contributed by atoms with Gasteiger partial charge < -0.3 is 10.4 Å². The zero-order valence-corrected chi connectivity index (χ0v) is 11.0. The summed E-state index contributed by atoms with van der Waals surface area (Å²) < 4.78 is 1.94. The van der Waals surface area contributed by atoms with Crippen molar-refractivity contribution < 1.29 is 5.11 Å². The fraction of sp³-hybridized carbons (Fsp3) is 0.357. The molecule has 2 aromatic rings. The van der Waals surface area contributed by atoms with Gasteiger partial charge in [0.05, 0.1) is 11.4 Å². The van der Waals surface area contributed by atoms with Crippen molar-refractivity contribution in [3.8, 4) is 5.75 Å². The minimum atomic E-state index is 0.295. The van der Waals surface area contributed by atoms with Crippen LogP contribution in [0.3, 0.4) is 0 Å². The molecule has 1 aromatic carbocycles. The molecule has 0 saturated heterocycles. The molecule has 1 heterocycles. The quantitative estimate of drug-likeness (QED) is 0.870. The number of aromatic hydroxyl groups is 1. The molecule has 4 nitrogen and oxygen atoms in total. The molecule has 2 N–H and O–H groups in total. The van der Waals surface area contributed by atoms with Crippen LogP contribution in [0.2, 0.25) is 0 Å². The van der Waals surface area contributed by atoms with E-state index >= 15 is 0 Å². The van der Waals surface area contributed by atoms with Gasteiger partial charge in [0.2, 0.25) is 0 Å². The smallest absolute Gasteiger partial charge is 0.115 e. The average molecular weight is 245 g/mol. The van der Waals surface area contributed by atoms with Gasteiger partial charge in [-0.15, -0.1) is 0 Å². The van der Waals surface area contributed by atoms with Crippen LogP contribution < -0.4 is 5.32 Å². The number of benzene rings is 1. The zero-order chi connectivity index (χ0) is 13.1. The summed E-state index contributed by atoms with van der Waals surface area (Å²) in [6, 6.07) is 7.62. The standard InChI is InChI=1S/C14H19N3O/c1-10(2)17-9-14(11(3)16-17)15-8-12-5-4-6-13(18)7-12/h4-7,9-10,15,18H,8H2,1-3H3. The van der Waals surface area contributed by atoms with E-state index in [1.54, 1.807) is 12.1 Å². The lowest BCUT2D eigenvalue weighted by molar-refractivity contribution is 0.474. The van der Waals surface area contributed by atoms with Crippen LogP contribution in [-0.2, 0) is 6.54 Å². The third kappa shape index (κ3) is 2.83. The van der Waals surface area contributed by atoms with Gasteiger partial charge in [0.15, 0.2) is 0 Å². The first kappa shape index (κ1) is 12.5. The number of phenolic OH excluding ortho intramolecular Hbond substituents is 1. The summed E-state index contributed by atoms with van der Waals surface area (Å²) in [4.78, 5) is 0. The molecule has 0 unspecified atom stereocenters. The summed E-state index contributed by atoms with van der Waals surface area (Å²) >= 11 is 0. The number of aryl methyl sites for hydroxylation is 1. The molecule has 0 saturated carbocycles. The molecule has 0 aliphatic carbocycles. The van der Waals surface area contributed by atoms with E-state index in [2.05, 4.69) is 24.3 Å². The van der Waals surface area contributed by atoms with Gasteiger partial charge in [-0.05, 0) is 38.5 Å². The number of nitrogens with one attached hydrogen (secondary N) is 1. The molecule has 0 amide bonds. The van der Waals surface area contributed by atoms with E-state index in [0.717, 1.165) is 16.9 Å². The molecule has 1 aromatic heterocycles. The van der Waals surface area contributed by atoms with Crippen LogP contribution in [0, 0.1) is 6.92 Å². The minimum absolute atomic E-state index is 0.295. The largest absolute Gasteiger partial charge is 0.508 e. The summed E-state index contributed by atoms with van der Waals surface area (Å²) in [6.45, 7) is 6.87. The van der Waals surface area contributed by atoms with E-state index in [4.69, 9.17) is 0 Å². The molecule has 0 fully saturated rings. The van der Waals surface area contributed by atoms with E-state index in [0.29, 0.717) is 18.3 Å². The number of nitrogens with zero attached hydrogens (tertiary/aromatic N) is 2. The molecule has 0 bridgehead atoms. The Morgan fingerprint density at radius 3 is 2.78 bits per heavy atom. The van der Waals surface area contributed by atoms with Crippen LogP contribution >= 0.6 is 0 Å². The highest BCUT2D eigenvalue weighted by atomic mass is 16.3. The van der Waals surface area contributed by atoms with Gasteiger partial charge in [-0.3, -0.25) is 4.68 Å². The van der Waals surface area contributed by atoms with E-state index < -0.39 is 0 Å². The van der Waals surface area contributed by atoms with Crippen molar-refractivity contribution in [2.24, 2.45) is 0 Å². The number of hydrogen-bond donors (Lipinski definition) is 2. The highest BCUT2D eigenvalue weighted by Gasteiger charge is 2.06. The highest BCUT2D eigenvalue weighted by Crippen LogP contribution is 2.18. The summed E-state index contributed by atoms with van der Waals surface area (Å²) in [6.07, 6.45) is 2.02. The summed E-state index contributed by atoms with van der Waals surface area (Å²) in [5.41, 5.74) is 3.07. The lowest BCUT2D eigenvalue weighted by Gasteiger charge is -2.05. The molecular weight excluding hydrogens is 226 g/mol. The molecule has 0 radical (unpaired) electrons. The summed E-state index contributed by atoms with van der Waals surface area (Å²) in [5, 5.41) is 17.2. The number of anilines is 1. The van der Waals surface area contributed by atoms with Gasteiger partial charge in [-0.2, -0.15) is 5.10 Å². The van der Waals surface area contributed by atoms with Crippen molar-refractivity contribution in [2.45, 2.75) is 33.4 Å². The van der Waals surface area contributed by atoms with Gasteiger partial charge in [-0.25, -0.2) is 0 Å². The predicted octanol–water partition coefficient (Wildman–Crippen LogP) is 3.09. The Labute approximate surface area is 107 Å². The lowest BCUT2D eigenvalue weighted by Crippen LogP contribution is -2.01. The summed E-state index contributed by atoms with van der Waals surface area (Å²) in [7, 11) is 0. The second-order valence-corrected chi connectivity index (χ2v) is 4.73. The van der Waals surface area contributed by atoms with Crippen molar-refractivity contribution in [3.63, 3.8) is 0 Å². The second-order valence-electron chi connectivity index (χ2n) is 4.73. The van der Waals surface area contributed by atoms with Gasteiger partial charge in [0.25, 0.3) is 0 Å². The number of aromatic nitrogens is 2. The number of hydrogen-bond acceptors (Lipinski definition) is 3. The van der Waals surface area contributed by atoms with E-state index in [1.165, 1.54) is 0 Å². The zero-order valence-electron chi connectivity index (χ0n) is 11.0. The molecule has 18 heavy (non-hydrogen) atoms. The molecule has 2 rings (SSSR count).